The fraction of sp³-hybridized carbons (Fsp3) is 0.350. The van der Waals surface area contributed by atoms with Crippen LogP contribution in [0, 0.1) is 13.8 Å². The van der Waals surface area contributed by atoms with Crippen molar-refractivity contribution < 1.29 is 13.2 Å². The fourth-order valence-electron chi connectivity index (χ4n) is 3.18. The van der Waals surface area contributed by atoms with Gasteiger partial charge < -0.3 is 5.32 Å². The number of carbonyl (C=O) groups is 1. The highest BCUT2D eigenvalue weighted by atomic mass is 32.2. The fourth-order valence-corrected chi connectivity index (χ4v) is 4.81. The number of para-hydroxylation sites is 1. The molecule has 6 nitrogen and oxygen atoms in total. The molecule has 1 amide bonds. The van der Waals surface area contributed by atoms with E-state index >= 15 is 0 Å². The molecule has 1 aliphatic heterocycles. The van der Waals surface area contributed by atoms with Crippen molar-refractivity contribution in [1.82, 2.24) is 8.61 Å². The molecule has 1 fully saturated rings. The molecule has 3 rings (SSSR count). The van der Waals surface area contributed by atoms with Crippen molar-refractivity contribution in [3.8, 4) is 0 Å². The summed E-state index contributed by atoms with van der Waals surface area (Å²) in [6.45, 7) is 4.84. The van der Waals surface area contributed by atoms with Gasteiger partial charge in [-0.15, -0.1) is 0 Å². The summed E-state index contributed by atoms with van der Waals surface area (Å²) in [6.07, 6.45) is 0.697. The van der Waals surface area contributed by atoms with Gasteiger partial charge in [-0.1, -0.05) is 42.5 Å². The van der Waals surface area contributed by atoms with E-state index < -0.39 is 10.2 Å². The Bertz CT molecular complexity index is 928. The summed E-state index contributed by atoms with van der Waals surface area (Å²) in [6, 6.07) is 15.2. The second-order valence-electron chi connectivity index (χ2n) is 6.82. The molecule has 2 aromatic carbocycles. The second kappa shape index (κ2) is 8.21. The van der Waals surface area contributed by atoms with Crippen molar-refractivity contribution in [2.45, 2.75) is 26.8 Å². The Hall–Kier alpha value is -2.22. The third kappa shape index (κ3) is 4.55. The summed E-state index contributed by atoms with van der Waals surface area (Å²) in [4.78, 5) is 12.4. The van der Waals surface area contributed by atoms with E-state index in [0.717, 1.165) is 16.7 Å². The molecule has 0 saturated carbocycles. The van der Waals surface area contributed by atoms with E-state index in [4.69, 9.17) is 0 Å². The molecule has 144 valence electrons. The summed E-state index contributed by atoms with van der Waals surface area (Å²) < 4.78 is 28.6. The van der Waals surface area contributed by atoms with Crippen molar-refractivity contribution in [3.05, 3.63) is 65.2 Å². The van der Waals surface area contributed by atoms with Gasteiger partial charge in [0.05, 0.1) is 6.54 Å². The highest BCUT2D eigenvalue weighted by Crippen LogP contribution is 2.21. The summed E-state index contributed by atoms with van der Waals surface area (Å²) >= 11 is 0. The first-order valence-electron chi connectivity index (χ1n) is 9.03. The van der Waals surface area contributed by atoms with E-state index in [9.17, 15) is 13.2 Å². The lowest BCUT2D eigenvalue weighted by atomic mass is 10.1. The van der Waals surface area contributed by atoms with Crippen molar-refractivity contribution >= 4 is 21.8 Å². The second-order valence-corrected chi connectivity index (χ2v) is 8.75. The number of amides is 1. The van der Waals surface area contributed by atoms with Crippen molar-refractivity contribution in [1.29, 1.82) is 0 Å². The molecule has 27 heavy (non-hydrogen) atoms. The predicted octanol–water partition coefficient (Wildman–Crippen LogP) is 2.69. The quantitative estimate of drug-likeness (QED) is 0.858. The van der Waals surface area contributed by atoms with Crippen molar-refractivity contribution in [2.24, 2.45) is 0 Å². The molecule has 1 heterocycles. The highest BCUT2D eigenvalue weighted by molar-refractivity contribution is 7.86. The highest BCUT2D eigenvalue weighted by Gasteiger charge is 2.34. The van der Waals surface area contributed by atoms with Crippen LogP contribution in [-0.2, 0) is 21.5 Å². The molecule has 7 heteroatoms. The third-order valence-electron chi connectivity index (χ3n) is 4.81. The molecular formula is C20H25N3O3S. The minimum absolute atomic E-state index is 0.180. The van der Waals surface area contributed by atoms with Gasteiger partial charge in [0.25, 0.3) is 10.2 Å². The van der Waals surface area contributed by atoms with Gasteiger partial charge in [-0.3, -0.25) is 4.79 Å². The molecule has 0 aromatic heterocycles. The molecule has 0 spiro atoms. The topological polar surface area (TPSA) is 69.7 Å². The van der Waals surface area contributed by atoms with Gasteiger partial charge in [-0.05, 0) is 43.0 Å². The maximum absolute atomic E-state index is 13.0. The van der Waals surface area contributed by atoms with Crippen LogP contribution in [0.5, 0.6) is 0 Å². The Balaban J connectivity index is 1.70. The lowest BCUT2D eigenvalue weighted by molar-refractivity contribution is -0.116. The largest absolute Gasteiger partial charge is 0.325 e. The summed E-state index contributed by atoms with van der Waals surface area (Å²) in [5.74, 6) is -0.328. The zero-order valence-corrected chi connectivity index (χ0v) is 16.5. The van der Waals surface area contributed by atoms with E-state index in [1.165, 1.54) is 8.61 Å². The van der Waals surface area contributed by atoms with Gasteiger partial charge in [-0.2, -0.15) is 17.0 Å². The van der Waals surface area contributed by atoms with Crippen LogP contribution >= 0.6 is 0 Å². The molecular weight excluding hydrogens is 362 g/mol. The number of hydrogen-bond acceptors (Lipinski definition) is 3. The molecule has 2 aromatic rings. The van der Waals surface area contributed by atoms with Crippen LogP contribution in [-0.4, -0.2) is 42.6 Å². The van der Waals surface area contributed by atoms with Crippen LogP contribution in [0.3, 0.4) is 0 Å². The molecule has 1 aliphatic rings. The number of anilines is 1. The number of aryl methyl sites for hydroxylation is 2. The Kier molecular flexibility index (Phi) is 5.94. The SMILES string of the molecule is Cc1ccccc1CN1CCCN(CC(=O)Nc2ccccc2C)S1(=O)=O. The van der Waals surface area contributed by atoms with E-state index in [1.807, 2.05) is 62.4 Å². The van der Waals surface area contributed by atoms with Gasteiger partial charge in [0.1, 0.15) is 0 Å². The Morgan fingerprint density at radius 1 is 0.963 bits per heavy atom. The van der Waals surface area contributed by atoms with Crippen LogP contribution in [0.1, 0.15) is 23.1 Å². The molecule has 0 unspecified atom stereocenters. The molecule has 1 N–H and O–H groups in total. The van der Waals surface area contributed by atoms with E-state index in [0.29, 0.717) is 31.7 Å². The Morgan fingerprint density at radius 3 is 2.30 bits per heavy atom. The van der Waals surface area contributed by atoms with Gasteiger partial charge >= 0.3 is 0 Å². The average Bonchev–Trinajstić information content (AvgIpc) is 2.62. The molecule has 0 radical (unpaired) electrons. The maximum Gasteiger partial charge on any atom is 0.282 e. The summed E-state index contributed by atoms with van der Waals surface area (Å²) in [5.41, 5.74) is 3.68. The smallest absolute Gasteiger partial charge is 0.282 e. The van der Waals surface area contributed by atoms with Gasteiger partial charge in [-0.25, -0.2) is 0 Å². The van der Waals surface area contributed by atoms with Gasteiger partial charge in [0.2, 0.25) is 5.91 Å². The third-order valence-corrected chi connectivity index (χ3v) is 6.74. The van der Waals surface area contributed by atoms with Crippen molar-refractivity contribution in [3.63, 3.8) is 0 Å². The molecule has 1 saturated heterocycles. The van der Waals surface area contributed by atoms with Crippen LogP contribution < -0.4 is 5.32 Å². The monoisotopic (exact) mass is 387 g/mol. The van der Waals surface area contributed by atoms with E-state index in [1.54, 1.807) is 0 Å². The minimum atomic E-state index is -3.67. The number of nitrogens with one attached hydrogen (secondary N) is 1. The summed E-state index contributed by atoms with van der Waals surface area (Å²) in [5, 5.41) is 2.81. The zero-order chi connectivity index (χ0) is 19.4. The number of carbonyl (C=O) groups excluding carboxylic acids is 1. The van der Waals surface area contributed by atoms with Gasteiger partial charge in [0.15, 0.2) is 0 Å². The van der Waals surface area contributed by atoms with Gasteiger partial charge in [0, 0.05) is 25.3 Å². The lowest BCUT2D eigenvalue weighted by Crippen LogP contribution is -2.51. The first-order valence-corrected chi connectivity index (χ1v) is 10.4. The van der Waals surface area contributed by atoms with Crippen LogP contribution in [0.4, 0.5) is 5.69 Å². The number of nitrogens with zero attached hydrogens (tertiary/aromatic N) is 2. The lowest BCUT2D eigenvalue weighted by Gasteiger charge is -2.34. The maximum atomic E-state index is 13.0. The predicted molar refractivity (Wildman–Crippen MR) is 107 cm³/mol. The number of benzene rings is 2. The van der Waals surface area contributed by atoms with E-state index in [2.05, 4.69) is 5.32 Å². The molecule has 0 atom stereocenters. The molecule has 0 bridgehead atoms. The normalized spacial score (nSPS) is 17.6. The van der Waals surface area contributed by atoms with Crippen LogP contribution in [0.2, 0.25) is 0 Å². The van der Waals surface area contributed by atoms with Crippen LogP contribution in [0.25, 0.3) is 0 Å². The Morgan fingerprint density at radius 2 is 1.59 bits per heavy atom. The summed E-state index contributed by atoms with van der Waals surface area (Å²) in [7, 11) is -3.67. The first-order chi connectivity index (χ1) is 12.9. The van der Waals surface area contributed by atoms with Crippen molar-refractivity contribution in [2.75, 3.05) is 25.0 Å². The Labute approximate surface area is 161 Å². The minimum Gasteiger partial charge on any atom is -0.325 e. The zero-order valence-electron chi connectivity index (χ0n) is 15.7. The average molecular weight is 388 g/mol. The van der Waals surface area contributed by atoms with E-state index in [-0.39, 0.29) is 12.5 Å². The first kappa shape index (κ1) is 19.5. The number of rotatable bonds is 5. The van der Waals surface area contributed by atoms with Crippen LogP contribution in [0.15, 0.2) is 48.5 Å². The standard InChI is InChI=1S/C20H25N3O3S/c1-16-8-3-5-10-18(16)14-22-12-7-13-23(27(22,25)26)15-20(24)21-19-11-6-4-9-17(19)2/h3-6,8-11H,7,12-15H2,1-2H3,(H,21,24). The number of hydrogen-bond donors (Lipinski definition) is 1. The molecule has 0 aliphatic carbocycles.